The van der Waals surface area contributed by atoms with Crippen molar-refractivity contribution in [3.63, 3.8) is 0 Å². The Kier molecular flexibility index (Phi) is 4.74. The molecule has 0 spiro atoms. The molecule has 0 fully saturated rings. The number of carbonyl (C=O) groups excluding carboxylic acids is 2. The van der Waals surface area contributed by atoms with Crippen molar-refractivity contribution in [2.75, 3.05) is 11.9 Å². The van der Waals surface area contributed by atoms with Gasteiger partial charge in [-0.2, -0.15) is 0 Å². The van der Waals surface area contributed by atoms with Crippen molar-refractivity contribution in [1.82, 2.24) is 15.3 Å². The van der Waals surface area contributed by atoms with Gasteiger partial charge in [0, 0.05) is 30.6 Å². The molecule has 4 aromatic rings. The van der Waals surface area contributed by atoms with Crippen LogP contribution in [0.2, 0.25) is 0 Å². The number of aliphatic imine (C=N–C) groups is 1. The summed E-state index contributed by atoms with van der Waals surface area (Å²) in [5.74, 6) is -1.42. The molecule has 8 heteroatoms. The summed E-state index contributed by atoms with van der Waals surface area (Å²) in [5.41, 5.74) is 3.19. The van der Waals surface area contributed by atoms with Crippen LogP contribution in [0.4, 0.5) is 10.1 Å². The maximum atomic E-state index is 14.7. The summed E-state index contributed by atoms with van der Waals surface area (Å²) in [6.07, 6.45) is 1.87. The number of halogens is 1. The van der Waals surface area contributed by atoms with E-state index < -0.39 is 23.8 Å². The molecule has 1 aliphatic rings. The average Bonchev–Trinajstić information content (AvgIpc) is 3.22. The highest BCUT2D eigenvalue weighted by Crippen LogP contribution is 2.28. The summed E-state index contributed by atoms with van der Waals surface area (Å²) in [6, 6.07) is 16.9. The van der Waals surface area contributed by atoms with Crippen molar-refractivity contribution in [2.24, 2.45) is 4.99 Å². The number of amides is 2. The van der Waals surface area contributed by atoms with Gasteiger partial charge in [0.2, 0.25) is 6.17 Å². The number of carbonyl (C=O) groups is 2. The van der Waals surface area contributed by atoms with Crippen LogP contribution in [0.25, 0.3) is 11.0 Å². The molecular formula is C24H18FN5O2. The maximum absolute atomic E-state index is 14.7. The molecular weight excluding hydrogens is 409 g/mol. The third-order valence-electron chi connectivity index (χ3n) is 5.42. The van der Waals surface area contributed by atoms with E-state index in [1.807, 2.05) is 0 Å². The van der Waals surface area contributed by atoms with Gasteiger partial charge in [-0.3, -0.25) is 14.6 Å². The summed E-state index contributed by atoms with van der Waals surface area (Å²) in [6.45, 7) is 0. The van der Waals surface area contributed by atoms with E-state index in [1.54, 1.807) is 67.8 Å². The van der Waals surface area contributed by atoms with Gasteiger partial charge in [-0.05, 0) is 30.3 Å². The second kappa shape index (κ2) is 7.73. The quantitative estimate of drug-likeness (QED) is 0.526. The molecule has 3 heterocycles. The summed E-state index contributed by atoms with van der Waals surface area (Å²) in [5, 5.41) is 2.69. The van der Waals surface area contributed by atoms with E-state index >= 15 is 0 Å². The standard InChI is InChI=1S/C24H18FN5O2/c1-30-19-11-5-3-8-15(19)20(14-7-2-4-9-17(14)25)28-22(24(30)32)29-23(31)16-13-27-18-10-6-12-26-21(16)18/h2-13,22,27H,1H3,(H,29,31). The van der Waals surface area contributed by atoms with Crippen LogP contribution < -0.4 is 10.2 Å². The Labute approximate surface area is 182 Å². The first-order chi connectivity index (χ1) is 15.5. The Balaban J connectivity index is 1.60. The van der Waals surface area contributed by atoms with E-state index in [4.69, 9.17) is 0 Å². The zero-order valence-corrected chi connectivity index (χ0v) is 17.0. The van der Waals surface area contributed by atoms with Crippen molar-refractivity contribution in [3.05, 3.63) is 95.6 Å². The summed E-state index contributed by atoms with van der Waals surface area (Å²) >= 11 is 0. The van der Waals surface area contributed by atoms with Gasteiger partial charge in [0.1, 0.15) is 11.3 Å². The minimum atomic E-state index is -1.25. The highest BCUT2D eigenvalue weighted by molar-refractivity contribution is 6.20. The largest absolute Gasteiger partial charge is 0.359 e. The minimum Gasteiger partial charge on any atom is -0.359 e. The highest BCUT2D eigenvalue weighted by atomic mass is 19.1. The lowest BCUT2D eigenvalue weighted by atomic mass is 10.00. The van der Waals surface area contributed by atoms with Gasteiger partial charge < -0.3 is 15.2 Å². The number of hydrogen-bond acceptors (Lipinski definition) is 4. The minimum absolute atomic E-state index is 0.246. The number of para-hydroxylation sites is 1. The van der Waals surface area contributed by atoms with E-state index in [2.05, 4.69) is 20.3 Å². The van der Waals surface area contributed by atoms with Crippen LogP contribution in [0, 0.1) is 5.82 Å². The van der Waals surface area contributed by atoms with E-state index in [0.29, 0.717) is 33.6 Å². The predicted octanol–water partition coefficient (Wildman–Crippen LogP) is 3.27. The summed E-state index contributed by atoms with van der Waals surface area (Å²) in [7, 11) is 1.60. The fourth-order valence-corrected chi connectivity index (χ4v) is 3.81. The zero-order valence-electron chi connectivity index (χ0n) is 17.0. The summed E-state index contributed by atoms with van der Waals surface area (Å²) < 4.78 is 14.7. The number of likely N-dealkylation sites (N-methyl/N-ethyl adjacent to an activating group) is 1. The van der Waals surface area contributed by atoms with E-state index in [9.17, 15) is 14.0 Å². The van der Waals surface area contributed by atoms with Crippen molar-refractivity contribution in [2.45, 2.75) is 6.17 Å². The van der Waals surface area contributed by atoms with Crippen molar-refractivity contribution in [3.8, 4) is 0 Å². The molecule has 158 valence electrons. The molecule has 2 aromatic carbocycles. The van der Waals surface area contributed by atoms with Crippen molar-refractivity contribution < 1.29 is 14.0 Å². The number of nitrogens with zero attached hydrogens (tertiary/aromatic N) is 3. The number of fused-ring (bicyclic) bond motifs is 2. The third-order valence-corrected chi connectivity index (χ3v) is 5.42. The molecule has 1 atom stereocenters. The van der Waals surface area contributed by atoms with Crippen LogP contribution in [0.5, 0.6) is 0 Å². The molecule has 0 bridgehead atoms. The monoisotopic (exact) mass is 427 g/mol. The number of H-pyrrole nitrogens is 1. The smallest absolute Gasteiger partial charge is 0.272 e. The normalized spacial score (nSPS) is 15.8. The maximum Gasteiger partial charge on any atom is 0.272 e. The molecule has 1 unspecified atom stereocenters. The molecule has 1 aliphatic heterocycles. The number of benzene rings is 2. The van der Waals surface area contributed by atoms with Gasteiger partial charge in [0.25, 0.3) is 11.8 Å². The SMILES string of the molecule is CN1C(=O)C(NC(=O)c2c[nH]c3cccnc23)N=C(c2ccccc2F)c2ccccc21. The van der Waals surface area contributed by atoms with Gasteiger partial charge in [0.15, 0.2) is 0 Å². The number of nitrogens with one attached hydrogen (secondary N) is 2. The Morgan fingerprint density at radius 1 is 1.06 bits per heavy atom. The zero-order chi connectivity index (χ0) is 22.2. The van der Waals surface area contributed by atoms with Gasteiger partial charge in [0.05, 0.1) is 22.5 Å². The third kappa shape index (κ3) is 3.22. The van der Waals surface area contributed by atoms with E-state index in [0.717, 1.165) is 0 Å². The lowest BCUT2D eigenvalue weighted by Crippen LogP contribution is -2.46. The van der Waals surface area contributed by atoms with E-state index in [1.165, 1.54) is 17.2 Å². The molecule has 2 amide bonds. The Bertz CT molecular complexity index is 1390. The van der Waals surface area contributed by atoms with Gasteiger partial charge in [-0.25, -0.2) is 9.38 Å². The van der Waals surface area contributed by atoms with Crippen LogP contribution in [0.3, 0.4) is 0 Å². The number of hydrogen-bond donors (Lipinski definition) is 2. The molecule has 0 saturated carbocycles. The Morgan fingerprint density at radius 2 is 1.81 bits per heavy atom. The van der Waals surface area contributed by atoms with Crippen LogP contribution in [-0.4, -0.2) is 40.7 Å². The first kappa shape index (κ1) is 19.6. The predicted molar refractivity (Wildman–Crippen MR) is 119 cm³/mol. The molecule has 0 aliphatic carbocycles. The van der Waals surface area contributed by atoms with Crippen LogP contribution in [-0.2, 0) is 4.79 Å². The molecule has 0 saturated heterocycles. The number of aromatic amines is 1. The first-order valence-corrected chi connectivity index (χ1v) is 9.97. The number of rotatable bonds is 3. The van der Waals surface area contributed by atoms with Crippen LogP contribution in [0.15, 0.2) is 78.0 Å². The van der Waals surface area contributed by atoms with Gasteiger partial charge in [-0.1, -0.05) is 30.3 Å². The molecule has 0 radical (unpaired) electrons. The number of aromatic nitrogens is 2. The first-order valence-electron chi connectivity index (χ1n) is 9.97. The molecule has 2 N–H and O–H groups in total. The highest BCUT2D eigenvalue weighted by Gasteiger charge is 2.32. The topological polar surface area (TPSA) is 90.5 Å². The lowest BCUT2D eigenvalue weighted by Gasteiger charge is -2.20. The molecule has 7 nitrogen and oxygen atoms in total. The number of benzodiazepines with no additional fused rings is 1. The van der Waals surface area contributed by atoms with Crippen molar-refractivity contribution in [1.29, 1.82) is 0 Å². The Hall–Kier alpha value is -4.33. The van der Waals surface area contributed by atoms with Gasteiger partial charge >= 0.3 is 0 Å². The van der Waals surface area contributed by atoms with Crippen LogP contribution >= 0.6 is 0 Å². The fourth-order valence-electron chi connectivity index (χ4n) is 3.81. The number of anilines is 1. The van der Waals surface area contributed by atoms with Crippen molar-refractivity contribution >= 4 is 34.2 Å². The van der Waals surface area contributed by atoms with Crippen LogP contribution in [0.1, 0.15) is 21.5 Å². The van der Waals surface area contributed by atoms with E-state index in [-0.39, 0.29) is 5.56 Å². The molecule has 2 aromatic heterocycles. The lowest BCUT2D eigenvalue weighted by molar-refractivity contribution is -0.119. The van der Waals surface area contributed by atoms with Gasteiger partial charge in [-0.15, -0.1) is 0 Å². The average molecular weight is 427 g/mol. The Morgan fingerprint density at radius 3 is 2.62 bits per heavy atom. The molecule has 5 rings (SSSR count). The summed E-state index contributed by atoms with van der Waals surface area (Å²) in [4.78, 5) is 39.5. The molecule has 32 heavy (non-hydrogen) atoms. The second-order valence-electron chi connectivity index (χ2n) is 7.35. The number of pyridine rings is 1. The second-order valence-corrected chi connectivity index (χ2v) is 7.35. The fraction of sp³-hybridized carbons (Fsp3) is 0.0833.